The van der Waals surface area contributed by atoms with Crippen molar-refractivity contribution in [3.8, 4) is 0 Å². The van der Waals surface area contributed by atoms with E-state index < -0.39 is 0 Å². The summed E-state index contributed by atoms with van der Waals surface area (Å²) in [5.41, 5.74) is 0. The van der Waals surface area contributed by atoms with Gasteiger partial charge in [-0.1, -0.05) is 6.92 Å². The molecule has 0 saturated carbocycles. The first-order valence-corrected chi connectivity index (χ1v) is 6.25. The van der Waals surface area contributed by atoms with E-state index >= 15 is 0 Å². The molecule has 4 nitrogen and oxygen atoms in total. The molecule has 0 aromatic rings. The predicted molar refractivity (Wildman–Crippen MR) is 67.8 cm³/mol. The van der Waals surface area contributed by atoms with Gasteiger partial charge in [0.2, 0.25) is 0 Å². The maximum atomic E-state index is 9.71. The second-order valence-electron chi connectivity index (χ2n) is 4.54. The zero-order chi connectivity index (χ0) is 12.4. The highest BCUT2D eigenvalue weighted by atomic mass is 16.5. The maximum Gasteiger partial charge on any atom is 0.0791 e. The second kappa shape index (κ2) is 10.0. The molecule has 0 heterocycles. The van der Waals surface area contributed by atoms with Crippen LogP contribution < -0.4 is 5.32 Å². The van der Waals surface area contributed by atoms with Crippen LogP contribution in [0.5, 0.6) is 0 Å². The van der Waals surface area contributed by atoms with Gasteiger partial charge in [0.05, 0.1) is 18.8 Å². The molecule has 0 radical (unpaired) electrons. The summed E-state index contributed by atoms with van der Waals surface area (Å²) in [6, 6.07) is 0. The number of hydrogen-bond donors (Lipinski definition) is 2. The van der Waals surface area contributed by atoms with Gasteiger partial charge in [0.15, 0.2) is 0 Å². The topological polar surface area (TPSA) is 44.7 Å². The van der Waals surface area contributed by atoms with E-state index in [1.807, 2.05) is 20.9 Å². The molecule has 2 N–H and O–H groups in total. The van der Waals surface area contributed by atoms with Gasteiger partial charge in [-0.15, -0.1) is 0 Å². The fourth-order valence-electron chi connectivity index (χ4n) is 1.41. The molecule has 0 aliphatic carbocycles. The van der Waals surface area contributed by atoms with Crippen molar-refractivity contribution >= 4 is 0 Å². The molecule has 0 aromatic carbocycles. The van der Waals surface area contributed by atoms with Crippen molar-refractivity contribution in [3.05, 3.63) is 0 Å². The van der Waals surface area contributed by atoms with Gasteiger partial charge in [0, 0.05) is 19.6 Å². The standard InChI is InChI=1S/C12H28N2O2/c1-5-6-13-9-12(15)10-14(4)7-8-16-11(2)3/h11-13,15H,5-10H2,1-4H3. The summed E-state index contributed by atoms with van der Waals surface area (Å²) in [5.74, 6) is 0. The molecule has 0 amide bonds. The first-order chi connectivity index (χ1) is 7.56. The normalized spacial score (nSPS) is 13.7. The third kappa shape index (κ3) is 10.4. The number of aliphatic hydroxyl groups excluding tert-OH is 1. The zero-order valence-electron chi connectivity index (χ0n) is 11.2. The van der Waals surface area contributed by atoms with Crippen LogP contribution in [0.1, 0.15) is 27.2 Å². The highest BCUT2D eigenvalue weighted by Gasteiger charge is 2.07. The van der Waals surface area contributed by atoms with Crippen LogP contribution in [0.2, 0.25) is 0 Å². The molecule has 0 aliphatic rings. The Bertz CT molecular complexity index is 154. The summed E-state index contributed by atoms with van der Waals surface area (Å²) in [6.45, 7) is 10.1. The molecule has 0 aromatic heterocycles. The summed E-state index contributed by atoms with van der Waals surface area (Å²) in [4.78, 5) is 2.10. The van der Waals surface area contributed by atoms with Crippen LogP contribution >= 0.6 is 0 Å². The van der Waals surface area contributed by atoms with Gasteiger partial charge >= 0.3 is 0 Å². The van der Waals surface area contributed by atoms with E-state index in [9.17, 15) is 5.11 Å². The van der Waals surface area contributed by atoms with E-state index in [1.54, 1.807) is 0 Å². The largest absolute Gasteiger partial charge is 0.390 e. The van der Waals surface area contributed by atoms with Crippen molar-refractivity contribution in [1.82, 2.24) is 10.2 Å². The van der Waals surface area contributed by atoms with Gasteiger partial charge in [-0.25, -0.2) is 0 Å². The van der Waals surface area contributed by atoms with Crippen molar-refractivity contribution in [2.75, 3.05) is 39.8 Å². The first kappa shape index (κ1) is 15.8. The third-order valence-electron chi connectivity index (χ3n) is 2.25. The SMILES string of the molecule is CCCNCC(O)CN(C)CCOC(C)C. The fraction of sp³-hybridized carbons (Fsp3) is 1.00. The van der Waals surface area contributed by atoms with Crippen LogP contribution in [0.3, 0.4) is 0 Å². The minimum Gasteiger partial charge on any atom is -0.390 e. The van der Waals surface area contributed by atoms with E-state index in [2.05, 4.69) is 17.1 Å². The van der Waals surface area contributed by atoms with E-state index in [4.69, 9.17) is 4.74 Å². The van der Waals surface area contributed by atoms with E-state index in [1.165, 1.54) is 0 Å². The zero-order valence-corrected chi connectivity index (χ0v) is 11.2. The smallest absolute Gasteiger partial charge is 0.0791 e. The highest BCUT2D eigenvalue weighted by molar-refractivity contribution is 4.64. The number of rotatable bonds is 10. The molecule has 0 spiro atoms. The van der Waals surface area contributed by atoms with Gasteiger partial charge in [-0.2, -0.15) is 0 Å². The van der Waals surface area contributed by atoms with Crippen molar-refractivity contribution in [2.45, 2.75) is 39.4 Å². The number of hydrogen-bond acceptors (Lipinski definition) is 4. The molecule has 0 aliphatic heterocycles. The van der Waals surface area contributed by atoms with Crippen LogP contribution in [0.4, 0.5) is 0 Å². The Morgan fingerprint density at radius 3 is 2.62 bits per heavy atom. The van der Waals surface area contributed by atoms with Crippen molar-refractivity contribution in [1.29, 1.82) is 0 Å². The molecule has 0 fully saturated rings. The number of nitrogens with one attached hydrogen (secondary N) is 1. The Morgan fingerprint density at radius 2 is 2.06 bits per heavy atom. The third-order valence-corrected chi connectivity index (χ3v) is 2.25. The van der Waals surface area contributed by atoms with Crippen LogP contribution in [0.15, 0.2) is 0 Å². The molecule has 0 bridgehead atoms. The van der Waals surface area contributed by atoms with Crippen LogP contribution in [-0.2, 0) is 4.74 Å². The summed E-state index contributed by atoms with van der Waals surface area (Å²) >= 11 is 0. The highest BCUT2D eigenvalue weighted by Crippen LogP contribution is 1.92. The van der Waals surface area contributed by atoms with Gasteiger partial charge in [-0.05, 0) is 33.9 Å². The fourth-order valence-corrected chi connectivity index (χ4v) is 1.41. The lowest BCUT2D eigenvalue weighted by Crippen LogP contribution is -2.38. The monoisotopic (exact) mass is 232 g/mol. The van der Waals surface area contributed by atoms with E-state index in [0.29, 0.717) is 13.1 Å². The molecule has 1 atom stereocenters. The minimum absolute atomic E-state index is 0.282. The number of ether oxygens (including phenoxy) is 1. The lowest BCUT2D eigenvalue weighted by atomic mass is 10.3. The van der Waals surface area contributed by atoms with E-state index in [-0.39, 0.29) is 12.2 Å². The molecule has 98 valence electrons. The molecular weight excluding hydrogens is 204 g/mol. The van der Waals surface area contributed by atoms with E-state index in [0.717, 1.165) is 26.1 Å². The molecular formula is C12H28N2O2. The average Bonchev–Trinajstić information content (AvgIpc) is 2.17. The number of aliphatic hydroxyl groups is 1. The summed E-state index contributed by atoms with van der Waals surface area (Å²) < 4.78 is 5.45. The molecule has 0 rings (SSSR count). The Hall–Kier alpha value is -0.160. The molecule has 1 unspecified atom stereocenters. The molecule has 16 heavy (non-hydrogen) atoms. The quantitative estimate of drug-likeness (QED) is 0.544. The predicted octanol–water partition coefficient (Wildman–Crippen LogP) is 0.704. The van der Waals surface area contributed by atoms with Crippen molar-refractivity contribution in [2.24, 2.45) is 0 Å². The van der Waals surface area contributed by atoms with Crippen molar-refractivity contribution < 1.29 is 9.84 Å². The summed E-state index contributed by atoms with van der Waals surface area (Å²) in [7, 11) is 2.01. The van der Waals surface area contributed by atoms with Gasteiger partial charge in [-0.3, -0.25) is 0 Å². The summed E-state index contributed by atoms with van der Waals surface area (Å²) in [6.07, 6.45) is 1.09. The lowest BCUT2D eigenvalue weighted by molar-refractivity contribution is 0.0521. The number of nitrogens with zero attached hydrogens (tertiary/aromatic N) is 1. The van der Waals surface area contributed by atoms with Gasteiger partial charge in [0.1, 0.15) is 0 Å². The van der Waals surface area contributed by atoms with Crippen LogP contribution in [-0.4, -0.2) is 62.0 Å². The second-order valence-corrected chi connectivity index (χ2v) is 4.54. The Morgan fingerprint density at radius 1 is 1.38 bits per heavy atom. The Labute approximate surface area is 100.0 Å². The average molecular weight is 232 g/mol. The lowest BCUT2D eigenvalue weighted by Gasteiger charge is -2.21. The molecule has 0 saturated heterocycles. The van der Waals surface area contributed by atoms with Crippen LogP contribution in [0.25, 0.3) is 0 Å². The molecule has 4 heteroatoms. The minimum atomic E-state index is -0.296. The Balaban J connectivity index is 3.42. The summed E-state index contributed by atoms with van der Waals surface area (Å²) in [5, 5.41) is 12.9. The van der Waals surface area contributed by atoms with Gasteiger partial charge in [0.25, 0.3) is 0 Å². The number of likely N-dealkylation sites (N-methyl/N-ethyl adjacent to an activating group) is 1. The van der Waals surface area contributed by atoms with Crippen molar-refractivity contribution in [3.63, 3.8) is 0 Å². The Kier molecular flexibility index (Phi) is 9.92. The maximum absolute atomic E-state index is 9.71. The van der Waals surface area contributed by atoms with Gasteiger partial charge < -0.3 is 20.1 Å². The van der Waals surface area contributed by atoms with Crippen LogP contribution in [0, 0.1) is 0 Å². The first-order valence-electron chi connectivity index (χ1n) is 6.25.